The van der Waals surface area contributed by atoms with Crippen molar-refractivity contribution in [2.24, 2.45) is 5.92 Å². The molecule has 5 nitrogen and oxygen atoms in total. The maximum atomic E-state index is 6.25. The average Bonchev–Trinajstić information content (AvgIpc) is 2.92. The normalized spacial score (nSPS) is 17.2. The summed E-state index contributed by atoms with van der Waals surface area (Å²) in [7, 11) is 0. The molecular weight excluding hydrogens is 346 g/mol. The molecule has 26 heavy (non-hydrogen) atoms. The first-order chi connectivity index (χ1) is 12.4. The zero-order valence-electron chi connectivity index (χ0n) is 15.7. The molecule has 0 spiro atoms. The van der Waals surface area contributed by atoms with Crippen LogP contribution in [0.1, 0.15) is 49.2 Å². The molecule has 0 saturated heterocycles. The molecular formula is C20H24ClN5. The lowest BCUT2D eigenvalue weighted by Crippen LogP contribution is -2.37. The molecule has 1 unspecified atom stereocenters. The molecule has 1 aromatic carbocycles. The summed E-state index contributed by atoms with van der Waals surface area (Å²) in [6, 6.07) is 6.32. The third kappa shape index (κ3) is 3.05. The van der Waals surface area contributed by atoms with Crippen molar-refractivity contribution < 1.29 is 0 Å². The fourth-order valence-corrected chi connectivity index (χ4v) is 4.17. The van der Waals surface area contributed by atoms with Gasteiger partial charge in [-0.05, 0) is 56.4 Å². The van der Waals surface area contributed by atoms with Crippen LogP contribution in [0.15, 0.2) is 18.2 Å². The topological polar surface area (TPSA) is 57.7 Å². The van der Waals surface area contributed by atoms with E-state index < -0.39 is 0 Å². The average molecular weight is 370 g/mol. The van der Waals surface area contributed by atoms with Crippen molar-refractivity contribution in [2.75, 3.05) is 11.4 Å². The van der Waals surface area contributed by atoms with Gasteiger partial charge in [0.15, 0.2) is 0 Å². The minimum Gasteiger partial charge on any atom is -0.356 e. The van der Waals surface area contributed by atoms with Gasteiger partial charge in [0.2, 0.25) is 5.95 Å². The molecule has 4 rings (SSSR count). The van der Waals surface area contributed by atoms with Crippen LogP contribution in [0.3, 0.4) is 0 Å². The van der Waals surface area contributed by atoms with E-state index in [1.54, 1.807) is 0 Å². The highest BCUT2D eigenvalue weighted by Gasteiger charge is 2.32. The summed E-state index contributed by atoms with van der Waals surface area (Å²) in [5.74, 6) is 2.88. The number of rotatable bonds is 3. The number of aromatic nitrogens is 4. The summed E-state index contributed by atoms with van der Waals surface area (Å²) < 4.78 is 0. The molecule has 3 aromatic rings. The van der Waals surface area contributed by atoms with Crippen molar-refractivity contribution in [2.45, 2.75) is 46.6 Å². The van der Waals surface area contributed by atoms with Gasteiger partial charge in [-0.1, -0.05) is 25.4 Å². The maximum absolute atomic E-state index is 6.25. The third-order valence-corrected chi connectivity index (χ3v) is 5.25. The second-order valence-corrected chi connectivity index (χ2v) is 7.96. The molecule has 136 valence electrons. The SMILES string of the molecule is Cc1nc(C)nc(N2CCc3c([nH]c4ccc(Cl)cc34)C2CC(C)C)n1. The number of anilines is 1. The zero-order chi connectivity index (χ0) is 18.4. The molecule has 0 amide bonds. The Hall–Kier alpha value is -2.14. The first kappa shape index (κ1) is 17.3. The van der Waals surface area contributed by atoms with Crippen LogP contribution in [0.25, 0.3) is 10.9 Å². The van der Waals surface area contributed by atoms with Crippen molar-refractivity contribution in [1.29, 1.82) is 0 Å². The quantitative estimate of drug-likeness (QED) is 0.722. The number of benzene rings is 1. The van der Waals surface area contributed by atoms with Crippen LogP contribution in [-0.4, -0.2) is 26.5 Å². The molecule has 1 aliphatic heterocycles. The number of nitrogens with zero attached hydrogens (tertiary/aromatic N) is 4. The Morgan fingerprint density at radius 2 is 1.92 bits per heavy atom. The summed E-state index contributed by atoms with van der Waals surface area (Å²) in [6.45, 7) is 9.27. The van der Waals surface area contributed by atoms with Gasteiger partial charge in [0.1, 0.15) is 11.6 Å². The van der Waals surface area contributed by atoms with E-state index in [0.717, 1.165) is 47.5 Å². The Morgan fingerprint density at radius 3 is 2.62 bits per heavy atom. The number of fused-ring (bicyclic) bond motifs is 3. The van der Waals surface area contributed by atoms with Crippen molar-refractivity contribution in [1.82, 2.24) is 19.9 Å². The summed E-state index contributed by atoms with van der Waals surface area (Å²) in [4.78, 5) is 19.6. The van der Waals surface area contributed by atoms with Gasteiger partial charge in [-0.15, -0.1) is 0 Å². The molecule has 2 aromatic heterocycles. The Balaban J connectivity index is 1.84. The van der Waals surface area contributed by atoms with E-state index in [2.05, 4.69) is 50.8 Å². The Morgan fingerprint density at radius 1 is 1.19 bits per heavy atom. The minimum atomic E-state index is 0.228. The Bertz CT molecular complexity index is 942. The number of halogens is 1. The molecule has 0 aliphatic carbocycles. The fraction of sp³-hybridized carbons (Fsp3) is 0.450. The number of H-pyrrole nitrogens is 1. The maximum Gasteiger partial charge on any atom is 0.229 e. The number of aromatic amines is 1. The van der Waals surface area contributed by atoms with Gasteiger partial charge in [0.05, 0.1) is 6.04 Å². The summed E-state index contributed by atoms with van der Waals surface area (Å²) >= 11 is 6.25. The summed E-state index contributed by atoms with van der Waals surface area (Å²) in [6.07, 6.45) is 1.99. The van der Waals surface area contributed by atoms with Gasteiger partial charge in [-0.2, -0.15) is 9.97 Å². The molecule has 1 atom stereocenters. The van der Waals surface area contributed by atoms with Crippen molar-refractivity contribution in [3.05, 3.63) is 46.1 Å². The number of hydrogen-bond acceptors (Lipinski definition) is 4. The van der Waals surface area contributed by atoms with Gasteiger partial charge in [0, 0.05) is 28.2 Å². The minimum absolute atomic E-state index is 0.228. The van der Waals surface area contributed by atoms with Crippen LogP contribution in [-0.2, 0) is 6.42 Å². The Kier molecular flexibility index (Phi) is 4.35. The third-order valence-electron chi connectivity index (χ3n) is 5.01. The van der Waals surface area contributed by atoms with Crippen LogP contribution in [0.4, 0.5) is 5.95 Å². The molecule has 0 saturated carbocycles. The molecule has 6 heteroatoms. The van der Waals surface area contributed by atoms with Crippen LogP contribution in [0, 0.1) is 19.8 Å². The van der Waals surface area contributed by atoms with E-state index >= 15 is 0 Å². The molecule has 3 heterocycles. The first-order valence-electron chi connectivity index (χ1n) is 9.18. The summed E-state index contributed by atoms with van der Waals surface area (Å²) in [5.41, 5.74) is 3.81. The lowest BCUT2D eigenvalue weighted by atomic mass is 9.92. The second kappa shape index (κ2) is 6.54. The van der Waals surface area contributed by atoms with Gasteiger partial charge in [0.25, 0.3) is 0 Å². The largest absolute Gasteiger partial charge is 0.356 e. The standard InChI is InChI=1S/C20H24ClN5/c1-11(2)9-18-19-15(16-10-14(21)5-6-17(16)25-19)7-8-26(18)20-23-12(3)22-13(4)24-20/h5-6,10-11,18,25H,7-9H2,1-4H3. The van der Waals surface area contributed by atoms with Crippen molar-refractivity contribution in [3.63, 3.8) is 0 Å². The molecule has 0 radical (unpaired) electrons. The van der Waals surface area contributed by atoms with Crippen molar-refractivity contribution in [3.8, 4) is 0 Å². The van der Waals surface area contributed by atoms with Crippen LogP contribution in [0.5, 0.6) is 0 Å². The molecule has 0 fully saturated rings. The van der Waals surface area contributed by atoms with E-state index in [1.165, 1.54) is 16.6 Å². The van der Waals surface area contributed by atoms with E-state index in [0.29, 0.717) is 5.92 Å². The summed E-state index contributed by atoms with van der Waals surface area (Å²) in [5, 5.41) is 2.02. The number of hydrogen-bond donors (Lipinski definition) is 1. The predicted molar refractivity (Wildman–Crippen MR) is 106 cm³/mol. The second-order valence-electron chi connectivity index (χ2n) is 7.53. The number of aryl methyl sites for hydroxylation is 2. The van der Waals surface area contributed by atoms with Gasteiger partial charge in [-0.25, -0.2) is 4.98 Å². The Labute approximate surface area is 158 Å². The molecule has 0 bridgehead atoms. The molecule has 1 aliphatic rings. The number of nitrogens with one attached hydrogen (secondary N) is 1. The van der Waals surface area contributed by atoms with E-state index in [1.807, 2.05) is 19.9 Å². The van der Waals surface area contributed by atoms with Crippen LogP contribution < -0.4 is 4.90 Å². The van der Waals surface area contributed by atoms with Crippen molar-refractivity contribution >= 4 is 28.5 Å². The zero-order valence-corrected chi connectivity index (χ0v) is 16.4. The highest BCUT2D eigenvalue weighted by Crippen LogP contribution is 2.39. The lowest BCUT2D eigenvalue weighted by molar-refractivity contribution is 0.450. The van der Waals surface area contributed by atoms with E-state index in [-0.39, 0.29) is 6.04 Å². The highest BCUT2D eigenvalue weighted by molar-refractivity contribution is 6.31. The van der Waals surface area contributed by atoms with E-state index in [9.17, 15) is 0 Å². The van der Waals surface area contributed by atoms with Gasteiger partial charge >= 0.3 is 0 Å². The van der Waals surface area contributed by atoms with Gasteiger partial charge < -0.3 is 9.88 Å². The lowest BCUT2D eigenvalue weighted by Gasteiger charge is -2.37. The van der Waals surface area contributed by atoms with E-state index in [4.69, 9.17) is 11.6 Å². The first-order valence-corrected chi connectivity index (χ1v) is 9.56. The van der Waals surface area contributed by atoms with Crippen LogP contribution in [0.2, 0.25) is 5.02 Å². The molecule has 1 N–H and O–H groups in total. The highest BCUT2D eigenvalue weighted by atomic mass is 35.5. The fourth-order valence-electron chi connectivity index (χ4n) is 4.00. The van der Waals surface area contributed by atoms with Crippen LogP contribution >= 0.6 is 11.6 Å². The monoisotopic (exact) mass is 369 g/mol. The smallest absolute Gasteiger partial charge is 0.229 e. The van der Waals surface area contributed by atoms with Gasteiger partial charge in [-0.3, -0.25) is 0 Å². The predicted octanol–water partition coefficient (Wildman–Crippen LogP) is 4.77.